The van der Waals surface area contributed by atoms with Gasteiger partial charge in [-0.2, -0.15) is 19.6 Å². The highest BCUT2D eigenvalue weighted by molar-refractivity contribution is 6.33. The van der Waals surface area contributed by atoms with Crippen molar-refractivity contribution in [2.45, 2.75) is 53.5 Å². The van der Waals surface area contributed by atoms with Crippen molar-refractivity contribution >= 4 is 76.1 Å². The summed E-state index contributed by atoms with van der Waals surface area (Å²) in [6.45, 7) is 17.6. The number of ether oxygens (including phenoxy) is 2. The topological polar surface area (TPSA) is 174 Å². The zero-order chi connectivity index (χ0) is 50.3. The third-order valence-electron chi connectivity index (χ3n) is 14.9. The number of morpholine rings is 2. The van der Waals surface area contributed by atoms with E-state index in [-0.39, 0.29) is 36.7 Å². The molecule has 10 rings (SSSR count). The second kappa shape index (κ2) is 24.0. The zero-order valence-electron chi connectivity index (χ0n) is 41.2. The first-order valence-electron chi connectivity index (χ1n) is 24.4. The molecule has 4 amide bonds. The molecule has 0 atom stereocenters. The van der Waals surface area contributed by atoms with Gasteiger partial charge in [-0.05, 0) is 72.4 Å². The first-order chi connectivity index (χ1) is 34.1. The molecule has 2 aromatic heterocycles. The van der Waals surface area contributed by atoms with Crippen LogP contribution < -0.4 is 24.9 Å². The summed E-state index contributed by atoms with van der Waals surface area (Å²) in [4.78, 5) is 72.4. The Hall–Kier alpha value is -5.57. The standard InChI is InChI=1S/C25H33ClN6O3.C14H21N5O2.C11H12ClNO2.CH4/c1-19(33)28(2)22-14-27-32(16-22)24(34)31-7-5-25(6-8-31)17-29(18-25)15-20-3-4-21(13-23(20)26)30-9-11-35-12-10-30;1-11(20)17(2)12-7-16-19(8-12)13(21)18-5-3-14(4-6-18)9-15-10-14;12-11-7-10(2-1-9(11)8-14)13-3-5-15-6-4-13;/h3-4,13-14,16H,5-12,15,17-18H2,1-2H3;7-8,15H,3-6,9-10H2,1-2H3;1-2,7-8H,3-6H2;1H4. The van der Waals surface area contributed by atoms with Gasteiger partial charge in [0.05, 0.1) is 67.6 Å². The van der Waals surface area contributed by atoms with Gasteiger partial charge in [-0.3, -0.25) is 19.3 Å². The molecule has 19 nitrogen and oxygen atoms in total. The predicted octanol–water partition coefficient (Wildman–Crippen LogP) is 6.07. The number of hydrogen-bond donors (Lipinski definition) is 1. The Morgan fingerprint density at radius 2 is 1.11 bits per heavy atom. The molecule has 0 radical (unpaired) electrons. The van der Waals surface area contributed by atoms with E-state index < -0.39 is 0 Å². The predicted molar refractivity (Wildman–Crippen MR) is 280 cm³/mol. The van der Waals surface area contributed by atoms with Crippen LogP contribution in [-0.2, 0) is 25.6 Å². The van der Waals surface area contributed by atoms with Gasteiger partial charge < -0.3 is 44.2 Å². The van der Waals surface area contributed by atoms with E-state index >= 15 is 0 Å². The van der Waals surface area contributed by atoms with E-state index in [0.29, 0.717) is 27.4 Å². The van der Waals surface area contributed by atoms with E-state index in [1.807, 2.05) is 21.9 Å². The highest BCUT2D eigenvalue weighted by atomic mass is 35.5. The van der Waals surface area contributed by atoms with Crippen LogP contribution in [0.5, 0.6) is 0 Å². The number of amides is 4. The number of halogens is 2. The molecule has 6 fully saturated rings. The third kappa shape index (κ3) is 12.8. The SMILES string of the molecule is C.CC(=O)N(C)c1cnn(C(=O)N2CCC3(CC2)CN(Cc2ccc(N4CCOCC4)cc2Cl)C3)c1.CC(=O)N(C)c1cnn(C(=O)N2CCC3(CC2)CNC3)c1.O=Cc1ccc(N2CCOCC2)cc1Cl. The molecule has 6 saturated heterocycles. The fourth-order valence-corrected chi connectivity index (χ4v) is 10.4. The molecule has 2 spiro atoms. The lowest BCUT2D eigenvalue weighted by Crippen LogP contribution is -2.60. The van der Waals surface area contributed by atoms with E-state index in [4.69, 9.17) is 32.7 Å². The van der Waals surface area contributed by atoms with Crippen molar-refractivity contribution in [3.05, 3.63) is 82.4 Å². The Kier molecular flexibility index (Phi) is 18.1. The Balaban J connectivity index is 0.000000174. The maximum atomic E-state index is 12.9. The largest absolute Gasteiger partial charge is 0.378 e. The molecule has 4 aromatic rings. The van der Waals surface area contributed by atoms with E-state index in [2.05, 4.69) is 48.4 Å². The molecule has 1 N–H and O–H groups in total. The highest BCUT2D eigenvalue weighted by Gasteiger charge is 2.46. The van der Waals surface area contributed by atoms with Crippen molar-refractivity contribution in [1.82, 2.24) is 39.6 Å². The molecule has 72 heavy (non-hydrogen) atoms. The number of piperidine rings is 2. The van der Waals surface area contributed by atoms with Gasteiger partial charge in [0, 0.05) is 135 Å². The number of benzene rings is 2. The molecule has 0 saturated carbocycles. The fraction of sp³-hybridized carbons (Fsp3) is 0.549. The van der Waals surface area contributed by atoms with Crippen LogP contribution in [0.15, 0.2) is 61.2 Å². The van der Waals surface area contributed by atoms with Crippen LogP contribution in [0.1, 0.15) is 62.9 Å². The van der Waals surface area contributed by atoms with Crippen molar-refractivity contribution in [3.63, 3.8) is 0 Å². The van der Waals surface area contributed by atoms with Crippen LogP contribution in [0.2, 0.25) is 10.0 Å². The van der Waals surface area contributed by atoms with Crippen molar-refractivity contribution < 1.29 is 33.4 Å². The van der Waals surface area contributed by atoms with Crippen molar-refractivity contribution in [2.24, 2.45) is 10.8 Å². The summed E-state index contributed by atoms with van der Waals surface area (Å²) in [5.41, 5.74) is 5.86. The number of nitrogens with zero attached hydrogens (tertiary/aromatic N) is 11. The van der Waals surface area contributed by atoms with Crippen LogP contribution in [-0.4, -0.2) is 183 Å². The smallest absolute Gasteiger partial charge is 0.344 e. The summed E-state index contributed by atoms with van der Waals surface area (Å²) in [6, 6.07) is 11.7. The quantitative estimate of drug-likeness (QED) is 0.212. The van der Waals surface area contributed by atoms with Crippen LogP contribution in [0.25, 0.3) is 0 Å². The van der Waals surface area contributed by atoms with E-state index in [1.54, 1.807) is 44.9 Å². The molecular weight excluding hydrogens is 964 g/mol. The molecule has 6 aliphatic rings. The molecule has 0 unspecified atom stereocenters. The zero-order valence-corrected chi connectivity index (χ0v) is 42.7. The van der Waals surface area contributed by atoms with Crippen molar-refractivity contribution in [2.75, 3.05) is 139 Å². The van der Waals surface area contributed by atoms with Gasteiger partial charge in [0.15, 0.2) is 6.29 Å². The Morgan fingerprint density at radius 3 is 1.51 bits per heavy atom. The summed E-state index contributed by atoms with van der Waals surface area (Å²) in [6.07, 6.45) is 11.2. The number of nitrogens with one attached hydrogen (secondary N) is 1. The van der Waals surface area contributed by atoms with Gasteiger partial charge in [0.1, 0.15) is 0 Å². The summed E-state index contributed by atoms with van der Waals surface area (Å²) >= 11 is 12.6. The lowest BCUT2D eigenvalue weighted by Gasteiger charge is -2.54. The molecule has 6 aliphatic heterocycles. The molecular formula is C51H70Cl2N12O7. The lowest BCUT2D eigenvalue weighted by molar-refractivity contribution is -0.117. The summed E-state index contributed by atoms with van der Waals surface area (Å²) in [5, 5.41) is 12.9. The molecule has 8 heterocycles. The van der Waals surface area contributed by atoms with Gasteiger partial charge in [-0.1, -0.05) is 36.7 Å². The minimum Gasteiger partial charge on any atom is -0.378 e. The average Bonchev–Trinajstić information content (AvgIpc) is 4.08. The second-order valence-corrected chi connectivity index (χ2v) is 20.3. The van der Waals surface area contributed by atoms with Gasteiger partial charge in [0.25, 0.3) is 0 Å². The normalized spacial score (nSPS) is 19.1. The summed E-state index contributed by atoms with van der Waals surface area (Å²) in [7, 11) is 3.34. The van der Waals surface area contributed by atoms with Crippen LogP contribution in [0.3, 0.4) is 0 Å². The number of carbonyl (C=O) groups excluding carboxylic acids is 5. The Bertz CT molecular complexity index is 2510. The van der Waals surface area contributed by atoms with Gasteiger partial charge >= 0.3 is 12.1 Å². The third-order valence-corrected chi connectivity index (χ3v) is 15.5. The van der Waals surface area contributed by atoms with Gasteiger partial charge in [-0.25, -0.2) is 9.59 Å². The number of aldehydes is 1. The van der Waals surface area contributed by atoms with Gasteiger partial charge in [-0.15, -0.1) is 0 Å². The second-order valence-electron chi connectivity index (χ2n) is 19.5. The fourth-order valence-electron chi connectivity index (χ4n) is 9.90. The maximum absolute atomic E-state index is 12.9. The number of hydrogen-bond acceptors (Lipinski definition) is 13. The van der Waals surface area contributed by atoms with E-state index in [1.165, 1.54) is 33.0 Å². The minimum atomic E-state index is -0.133. The molecule has 0 bridgehead atoms. The first-order valence-corrected chi connectivity index (χ1v) is 25.2. The number of aromatic nitrogens is 4. The monoisotopic (exact) mass is 1030 g/mol. The van der Waals surface area contributed by atoms with E-state index in [0.717, 1.165) is 165 Å². The number of likely N-dealkylation sites (tertiary alicyclic amines) is 3. The van der Waals surface area contributed by atoms with Crippen molar-refractivity contribution in [1.29, 1.82) is 0 Å². The molecule has 390 valence electrons. The highest BCUT2D eigenvalue weighted by Crippen LogP contribution is 2.42. The molecule has 0 aliphatic carbocycles. The molecule has 2 aromatic carbocycles. The molecule has 21 heteroatoms. The summed E-state index contributed by atoms with van der Waals surface area (Å²) < 4.78 is 13.4. The van der Waals surface area contributed by atoms with Crippen LogP contribution >= 0.6 is 23.2 Å². The maximum Gasteiger partial charge on any atom is 0.344 e. The minimum absolute atomic E-state index is 0. The van der Waals surface area contributed by atoms with Crippen LogP contribution in [0.4, 0.5) is 32.3 Å². The van der Waals surface area contributed by atoms with Crippen LogP contribution in [0, 0.1) is 10.8 Å². The average molecular weight is 1030 g/mol. The summed E-state index contributed by atoms with van der Waals surface area (Å²) in [5.74, 6) is -0.180. The van der Waals surface area contributed by atoms with Gasteiger partial charge in [0.2, 0.25) is 11.8 Å². The van der Waals surface area contributed by atoms with Crippen molar-refractivity contribution in [3.8, 4) is 0 Å². The number of anilines is 4. The van der Waals surface area contributed by atoms with E-state index in [9.17, 15) is 24.0 Å². The number of carbonyl (C=O) groups is 5. The lowest BCUT2D eigenvalue weighted by atomic mass is 9.72. The first kappa shape index (κ1) is 54.2. The number of rotatable bonds is 7. The Labute approximate surface area is 432 Å². The Morgan fingerprint density at radius 1 is 0.667 bits per heavy atom.